The molecule has 7 nitrogen and oxygen atoms in total. The van der Waals surface area contributed by atoms with Crippen molar-refractivity contribution in [1.82, 2.24) is 14.8 Å². The van der Waals surface area contributed by atoms with E-state index < -0.39 is 0 Å². The molecule has 1 amide bonds. The summed E-state index contributed by atoms with van der Waals surface area (Å²) >= 11 is 0. The molecule has 2 aromatic rings. The van der Waals surface area contributed by atoms with Gasteiger partial charge in [0.15, 0.2) is 0 Å². The molecular formula is C24H31N3O4. The van der Waals surface area contributed by atoms with Gasteiger partial charge >= 0.3 is 0 Å². The highest BCUT2D eigenvalue weighted by molar-refractivity contribution is 5.99. The van der Waals surface area contributed by atoms with Crippen LogP contribution in [0.25, 0.3) is 0 Å². The van der Waals surface area contributed by atoms with Gasteiger partial charge in [-0.25, -0.2) is 0 Å². The molecule has 1 aromatic heterocycles. The molecule has 0 N–H and O–H groups in total. The number of hydrogen-bond donors (Lipinski definition) is 0. The molecule has 0 bridgehead atoms. The minimum absolute atomic E-state index is 0.0165. The maximum Gasteiger partial charge on any atom is 0.261 e. The van der Waals surface area contributed by atoms with Crippen LogP contribution < -0.4 is 14.2 Å². The Balaban J connectivity index is 1.29. The van der Waals surface area contributed by atoms with Crippen molar-refractivity contribution in [3.8, 4) is 17.2 Å². The number of methoxy groups -OCH3 is 2. The summed E-state index contributed by atoms with van der Waals surface area (Å²) in [5.74, 6) is 2.00. The first kappa shape index (κ1) is 21.4. The molecule has 4 rings (SSSR count). The van der Waals surface area contributed by atoms with Gasteiger partial charge in [-0.1, -0.05) is 6.07 Å². The minimum Gasteiger partial charge on any atom is -0.496 e. The summed E-state index contributed by atoms with van der Waals surface area (Å²) in [6, 6.07) is 9.79. The normalized spacial score (nSPS) is 18.6. The maximum absolute atomic E-state index is 13.2. The van der Waals surface area contributed by atoms with Gasteiger partial charge in [0.25, 0.3) is 5.91 Å². The number of carbonyl (C=O) groups excluding carboxylic acids is 1. The van der Waals surface area contributed by atoms with Crippen LogP contribution in [0.4, 0.5) is 0 Å². The zero-order chi connectivity index (χ0) is 21.6. The van der Waals surface area contributed by atoms with Gasteiger partial charge in [-0.2, -0.15) is 0 Å². The third-order valence-electron chi connectivity index (χ3n) is 6.34. The molecule has 0 unspecified atom stereocenters. The van der Waals surface area contributed by atoms with Gasteiger partial charge in [0.1, 0.15) is 28.9 Å². The van der Waals surface area contributed by atoms with Crippen LogP contribution in [0.15, 0.2) is 42.7 Å². The van der Waals surface area contributed by atoms with Gasteiger partial charge in [-0.05, 0) is 49.9 Å². The third-order valence-corrected chi connectivity index (χ3v) is 6.34. The summed E-state index contributed by atoms with van der Waals surface area (Å²) in [6.07, 6.45) is 7.82. The van der Waals surface area contributed by atoms with Crippen molar-refractivity contribution in [1.29, 1.82) is 0 Å². The topological polar surface area (TPSA) is 64.1 Å². The highest BCUT2D eigenvalue weighted by atomic mass is 16.5. The molecule has 31 heavy (non-hydrogen) atoms. The lowest BCUT2D eigenvalue weighted by Gasteiger charge is -2.41. The Bertz CT molecular complexity index is 838. The number of benzene rings is 1. The molecule has 2 aliphatic rings. The van der Waals surface area contributed by atoms with Crippen molar-refractivity contribution in [3.63, 3.8) is 0 Å². The van der Waals surface area contributed by atoms with Crippen molar-refractivity contribution < 1.29 is 19.0 Å². The summed E-state index contributed by atoms with van der Waals surface area (Å²) in [7, 11) is 3.17. The van der Waals surface area contributed by atoms with Crippen LogP contribution in [0.5, 0.6) is 17.2 Å². The largest absolute Gasteiger partial charge is 0.496 e. The number of pyridine rings is 1. The molecule has 2 saturated heterocycles. The van der Waals surface area contributed by atoms with E-state index in [1.165, 1.54) is 0 Å². The van der Waals surface area contributed by atoms with E-state index in [2.05, 4.69) is 9.88 Å². The molecule has 0 spiro atoms. The number of hydrogen-bond acceptors (Lipinski definition) is 6. The third kappa shape index (κ3) is 4.93. The Labute approximate surface area is 183 Å². The zero-order valence-electron chi connectivity index (χ0n) is 18.3. The van der Waals surface area contributed by atoms with Crippen LogP contribution in [0.3, 0.4) is 0 Å². The van der Waals surface area contributed by atoms with Crippen LogP contribution in [-0.4, -0.2) is 73.2 Å². The molecule has 0 radical (unpaired) electrons. The Morgan fingerprint density at radius 3 is 2.10 bits per heavy atom. The van der Waals surface area contributed by atoms with E-state index in [0.717, 1.165) is 57.6 Å². The second-order valence-corrected chi connectivity index (χ2v) is 8.10. The van der Waals surface area contributed by atoms with Crippen molar-refractivity contribution in [3.05, 3.63) is 48.3 Å². The monoisotopic (exact) mass is 425 g/mol. The van der Waals surface area contributed by atoms with E-state index in [9.17, 15) is 4.79 Å². The van der Waals surface area contributed by atoms with Crippen LogP contribution >= 0.6 is 0 Å². The van der Waals surface area contributed by atoms with Gasteiger partial charge in [0.05, 0.1) is 14.2 Å². The predicted molar refractivity (Wildman–Crippen MR) is 118 cm³/mol. The predicted octanol–water partition coefficient (Wildman–Crippen LogP) is 3.25. The molecule has 1 aromatic carbocycles. The quantitative estimate of drug-likeness (QED) is 0.708. The number of ether oxygens (including phenoxy) is 3. The Morgan fingerprint density at radius 2 is 1.52 bits per heavy atom. The van der Waals surface area contributed by atoms with Crippen molar-refractivity contribution in [2.75, 3.05) is 40.4 Å². The summed E-state index contributed by atoms with van der Waals surface area (Å²) in [4.78, 5) is 21.7. The van der Waals surface area contributed by atoms with E-state index in [0.29, 0.717) is 23.1 Å². The average molecular weight is 426 g/mol. The number of carbonyl (C=O) groups is 1. The number of rotatable bonds is 6. The summed E-state index contributed by atoms with van der Waals surface area (Å²) in [5, 5.41) is 0. The van der Waals surface area contributed by atoms with Crippen LogP contribution in [-0.2, 0) is 0 Å². The molecule has 166 valence electrons. The molecule has 3 heterocycles. The summed E-state index contributed by atoms with van der Waals surface area (Å²) < 4.78 is 16.9. The Hall–Kier alpha value is -2.80. The standard InChI is InChI=1S/C24H31N3O4/c1-29-21-4-3-5-22(30-2)23(21)24(28)27-14-8-18(9-15-27)26-16-10-20(11-17-26)31-19-6-12-25-13-7-19/h3-7,12-13,18,20H,8-11,14-17H2,1-2H3. The van der Waals surface area contributed by atoms with Gasteiger partial charge < -0.3 is 19.1 Å². The number of amides is 1. The maximum atomic E-state index is 13.2. The molecule has 7 heteroatoms. The smallest absolute Gasteiger partial charge is 0.261 e. The first-order valence-electron chi connectivity index (χ1n) is 11.0. The fraction of sp³-hybridized carbons (Fsp3) is 0.500. The first-order chi connectivity index (χ1) is 15.2. The van der Waals surface area contributed by atoms with Crippen LogP contribution in [0.1, 0.15) is 36.0 Å². The fourth-order valence-electron chi connectivity index (χ4n) is 4.62. The fourth-order valence-corrected chi connectivity index (χ4v) is 4.62. The SMILES string of the molecule is COc1cccc(OC)c1C(=O)N1CCC(N2CCC(Oc3ccncc3)CC2)CC1. The molecule has 2 aliphatic heterocycles. The highest BCUT2D eigenvalue weighted by Gasteiger charge is 2.32. The average Bonchev–Trinajstić information content (AvgIpc) is 2.84. The van der Waals surface area contributed by atoms with E-state index in [-0.39, 0.29) is 12.0 Å². The second-order valence-electron chi connectivity index (χ2n) is 8.10. The van der Waals surface area contributed by atoms with Crippen molar-refractivity contribution >= 4 is 5.91 Å². The Morgan fingerprint density at radius 1 is 0.903 bits per heavy atom. The van der Waals surface area contributed by atoms with E-state index >= 15 is 0 Å². The highest BCUT2D eigenvalue weighted by Crippen LogP contribution is 2.31. The van der Waals surface area contributed by atoms with Crippen LogP contribution in [0.2, 0.25) is 0 Å². The lowest BCUT2D eigenvalue weighted by molar-refractivity contribution is 0.0422. The molecule has 2 fully saturated rings. The first-order valence-corrected chi connectivity index (χ1v) is 11.0. The van der Waals surface area contributed by atoms with Gasteiger partial charge in [0, 0.05) is 44.6 Å². The van der Waals surface area contributed by atoms with Gasteiger partial charge in [-0.15, -0.1) is 0 Å². The molecule has 0 atom stereocenters. The summed E-state index contributed by atoms with van der Waals surface area (Å²) in [6.45, 7) is 3.57. The lowest BCUT2D eigenvalue weighted by Crippen LogP contribution is -2.50. The number of piperidine rings is 2. The van der Waals surface area contributed by atoms with Crippen LogP contribution in [0, 0.1) is 0 Å². The van der Waals surface area contributed by atoms with E-state index in [1.54, 1.807) is 38.7 Å². The van der Waals surface area contributed by atoms with Crippen molar-refractivity contribution in [2.24, 2.45) is 0 Å². The van der Waals surface area contributed by atoms with Gasteiger partial charge in [-0.3, -0.25) is 14.7 Å². The number of nitrogens with zero attached hydrogens (tertiary/aromatic N) is 3. The number of aromatic nitrogens is 1. The second kappa shape index (κ2) is 10.0. The van der Waals surface area contributed by atoms with Gasteiger partial charge in [0.2, 0.25) is 0 Å². The van der Waals surface area contributed by atoms with Crippen molar-refractivity contribution in [2.45, 2.75) is 37.8 Å². The molecule has 0 aliphatic carbocycles. The number of likely N-dealkylation sites (tertiary alicyclic amines) is 2. The molecular weight excluding hydrogens is 394 g/mol. The summed E-state index contributed by atoms with van der Waals surface area (Å²) in [5.41, 5.74) is 0.514. The minimum atomic E-state index is -0.0165. The van der Waals surface area contributed by atoms with E-state index in [4.69, 9.17) is 14.2 Å². The molecule has 0 saturated carbocycles. The van der Waals surface area contributed by atoms with E-state index in [1.807, 2.05) is 23.1 Å². The Kier molecular flexibility index (Phi) is 6.92. The zero-order valence-corrected chi connectivity index (χ0v) is 18.3. The lowest BCUT2D eigenvalue weighted by atomic mass is 9.98.